The summed E-state index contributed by atoms with van der Waals surface area (Å²) >= 11 is 0. The van der Waals surface area contributed by atoms with Gasteiger partial charge < -0.3 is 9.72 Å². The van der Waals surface area contributed by atoms with Crippen LogP contribution in [0.1, 0.15) is 34.0 Å². The van der Waals surface area contributed by atoms with Crippen LogP contribution < -0.4 is 5.32 Å². The van der Waals surface area contributed by atoms with Crippen molar-refractivity contribution < 1.29 is 35.9 Å². The van der Waals surface area contributed by atoms with Gasteiger partial charge in [-0.2, -0.15) is 26.3 Å². The normalized spacial score (nSPS) is 19.3. The summed E-state index contributed by atoms with van der Waals surface area (Å²) < 4.78 is 85.3. The molecule has 1 aliphatic heterocycles. The minimum absolute atomic E-state index is 0.0983. The molecule has 2 N–H and O–H groups in total. The number of aromatic amines is 1. The summed E-state index contributed by atoms with van der Waals surface area (Å²) in [6.45, 7) is 0. The number of halogens is 6. The smallest absolute Gasteiger partial charge is 0.416 e. The Morgan fingerprint density at radius 1 is 1.03 bits per heavy atom. The molecule has 0 fully saturated rings. The SMILES string of the molecule is COC(=O)[C@@H]1Cc2c([nH]c3ccccc23)[C@@H](c2ccc(C(F)(F)F)cc2C(F)(F)F)N1. The number of alkyl halides is 6. The molecule has 31 heavy (non-hydrogen) atoms. The maximum Gasteiger partial charge on any atom is 0.416 e. The van der Waals surface area contributed by atoms with E-state index >= 15 is 0 Å². The van der Waals surface area contributed by atoms with Crippen LogP contribution in [-0.4, -0.2) is 24.1 Å². The van der Waals surface area contributed by atoms with Gasteiger partial charge in [0.2, 0.25) is 0 Å². The zero-order valence-electron chi connectivity index (χ0n) is 16.0. The molecule has 10 heteroatoms. The fourth-order valence-electron chi connectivity index (χ4n) is 4.00. The lowest BCUT2D eigenvalue weighted by Crippen LogP contribution is -2.46. The van der Waals surface area contributed by atoms with Crippen molar-refractivity contribution in [1.29, 1.82) is 0 Å². The number of carbonyl (C=O) groups is 1. The number of carbonyl (C=O) groups excluding carboxylic acids is 1. The van der Waals surface area contributed by atoms with Gasteiger partial charge in [-0.3, -0.25) is 10.1 Å². The van der Waals surface area contributed by atoms with Crippen molar-refractivity contribution in [3.63, 3.8) is 0 Å². The monoisotopic (exact) mass is 442 g/mol. The lowest BCUT2D eigenvalue weighted by molar-refractivity contribution is -0.143. The van der Waals surface area contributed by atoms with Gasteiger partial charge in [-0.1, -0.05) is 24.3 Å². The second-order valence-electron chi connectivity index (χ2n) is 7.24. The van der Waals surface area contributed by atoms with Crippen LogP contribution in [0.3, 0.4) is 0 Å². The lowest BCUT2D eigenvalue weighted by atomic mass is 9.87. The second kappa shape index (κ2) is 7.30. The van der Waals surface area contributed by atoms with E-state index in [2.05, 4.69) is 10.3 Å². The molecule has 1 aliphatic rings. The number of ether oxygens (including phenoxy) is 1. The first kappa shape index (κ1) is 21.2. The van der Waals surface area contributed by atoms with Gasteiger partial charge in [0.25, 0.3) is 0 Å². The Labute approximate surface area is 172 Å². The van der Waals surface area contributed by atoms with E-state index in [-0.39, 0.29) is 12.5 Å². The van der Waals surface area contributed by atoms with Crippen molar-refractivity contribution in [3.8, 4) is 0 Å². The minimum atomic E-state index is -5.04. The van der Waals surface area contributed by atoms with E-state index in [0.29, 0.717) is 22.8 Å². The molecule has 0 aliphatic carbocycles. The molecule has 1 aromatic heterocycles. The number of para-hydroxylation sites is 1. The van der Waals surface area contributed by atoms with Crippen molar-refractivity contribution >= 4 is 16.9 Å². The van der Waals surface area contributed by atoms with Crippen molar-refractivity contribution in [1.82, 2.24) is 10.3 Å². The topological polar surface area (TPSA) is 54.1 Å². The van der Waals surface area contributed by atoms with Crippen molar-refractivity contribution in [3.05, 3.63) is 70.4 Å². The number of hydrogen-bond acceptors (Lipinski definition) is 3. The average Bonchev–Trinajstić information content (AvgIpc) is 3.09. The van der Waals surface area contributed by atoms with Gasteiger partial charge >= 0.3 is 18.3 Å². The lowest BCUT2D eigenvalue weighted by Gasteiger charge is -2.32. The van der Waals surface area contributed by atoms with Crippen LogP contribution in [-0.2, 0) is 28.3 Å². The molecule has 0 radical (unpaired) electrons. The Hall–Kier alpha value is -3.01. The first-order chi connectivity index (χ1) is 14.5. The number of esters is 1. The predicted molar refractivity (Wildman–Crippen MR) is 99.2 cm³/mol. The third kappa shape index (κ3) is 3.76. The molecular formula is C21H16F6N2O2. The number of rotatable bonds is 2. The van der Waals surface area contributed by atoms with E-state index in [4.69, 9.17) is 4.74 Å². The van der Waals surface area contributed by atoms with E-state index in [9.17, 15) is 31.1 Å². The van der Waals surface area contributed by atoms with E-state index in [0.717, 1.165) is 18.6 Å². The van der Waals surface area contributed by atoms with Crippen LogP contribution in [0.25, 0.3) is 10.9 Å². The largest absolute Gasteiger partial charge is 0.468 e. The number of fused-ring (bicyclic) bond motifs is 3. The molecule has 0 bridgehead atoms. The molecule has 4 rings (SSSR count). The zero-order valence-corrected chi connectivity index (χ0v) is 16.0. The highest BCUT2D eigenvalue weighted by Crippen LogP contribution is 2.43. The van der Waals surface area contributed by atoms with Gasteiger partial charge in [-0.25, -0.2) is 0 Å². The van der Waals surface area contributed by atoms with E-state index in [1.807, 2.05) is 0 Å². The third-order valence-electron chi connectivity index (χ3n) is 5.39. The predicted octanol–water partition coefficient (Wildman–Crippen LogP) is 4.98. The zero-order chi connectivity index (χ0) is 22.6. The van der Waals surface area contributed by atoms with Gasteiger partial charge in [-0.05, 0) is 29.3 Å². The molecule has 3 aromatic rings. The van der Waals surface area contributed by atoms with Crippen molar-refractivity contribution in [2.45, 2.75) is 30.9 Å². The highest BCUT2D eigenvalue weighted by molar-refractivity contribution is 5.87. The number of benzene rings is 2. The summed E-state index contributed by atoms with van der Waals surface area (Å²) in [5, 5.41) is 3.54. The minimum Gasteiger partial charge on any atom is -0.468 e. The molecule has 0 spiro atoms. The summed E-state index contributed by atoms with van der Waals surface area (Å²) in [6, 6.07) is 6.33. The standard InChI is InChI=1S/C21H16F6N2O2/c1-31-19(30)16-9-13-11-4-2-3-5-15(11)28-18(13)17(29-16)12-7-6-10(20(22,23)24)8-14(12)21(25,26)27/h2-8,16-17,28-29H,9H2,1H3/t16-,17+/m0/s1. The van der Waals surface area contributed by atoms with Crippen LogP contribution in [0, 0.1) is 0 Å². The fraction of sp³-hybridized carbons (Fsp3) is 0.286. The van der Waals surface area contributed by atoms with E-state index in [1.165, 1.54) is 0 Å². The highest BCUT2D eigenvalue weighted by atomic mass is 19.4. The van der Waals surface area contributed by atoms with Crippen LogP contribution in [0.15, 0.2) is 42.5 Å². The van der Waals surface area contributed by atoms with Crippen LogP contribution in [0.2, 0.25) is 0 Å². The molecule has 164 valence electrons. The molecule has 0 saturated carbocycles. The van der Waals surface area contributed by atoms with Crippen molar-refractivity contribution in [2.75, 3.05) is 7.11 Å². The molecule has 0 saturated heterocycles. The van der Waals surface area contributed by atoms with Crippen LogP contribution >= 0.6 is 0 Å². The summed E-state index contributed by atoms with van der Waals surface area (Å²) in [7, 11) is 1.16. The second-order valence-corrected chi connectivity index (χ2v) is 7.24. The Morgan fingerprint density at radius 3 is 2.39 bits per heavy atom. The van der Waals surface area contributed by atoms with Gasteiger partial charge in [-0.15, -0.1) is 0 Å². The first-order valence-electron chi connectivity index (χ1n) is 9.22. The van der Waals surface area contributed by atoms with E-state index in [1.54, 1.807) is 24.3 Å². The maximum absolute atomic E-state index is 13.8. The first-order valence-corrected chi connectivity index (χ1v) is 9.22. The van der Waals surface area contributed by atoms with Gasteiger partial charge in [0.1, 0.15) is 6.04 Å². The number of H-pyrrole nitrogens is 1. The summed E-state index contributed by atoms with van der Waals surface area (Å²) in [5.74, 6) is -0.679. The molecule has 2 heterocycles. The summed E-state index contributed by atoms with van der Waals surface area (Å²) in [6.07, 6.45) is -9.81. The molecule has 0 amide bonds. The number of nitrogens with one attached hydrogen (secondary N) is 2. The fourth-order valence-corrected chi connectivity index (χ4v) is 4.00. The summed E-state index contributed by atoms with van der Waals surface area (Å²) in [5.41, 5.74) is -1.61. The Balaban J connectivity index is 1.94. The molecule has 4 nitrogen and oxygen atoms in total. The number of aromatic nitrogens is 1. The molecule has 0 unspecified atom stereocenters. The van der Waals surface area contributed by atoms with E-state index < -0.39 is 47.1 Å². The Morgan fingerprint density at radius 2 is 1.74 bits per heavy atom. The summed E-state index contributed by atoms with van der Waals surface area (Å²) in [4.78, 5) is 15.3. The Bertz CT molecular complexity index is 1150. The van der Waals surface area contributed by atoms with Crippen molar-refractivity contribution in [2.24, 2.45) is 0 Å². The van der Waals surface area contributed by atoms with Crippen LogP contribution in [0.5, 0.6) is 0 Å². The Kier molecular flexibility index (Phi) is 5.00. The highest BCUT2D eigenvalue weighted by Gasteiger charge is 2.42. The van der Waals surface area contributed by atoms with Crippen LogP contribution in [0.4, 0.5) is 26.3 Å². The van der Waals surface area contributed by atoms with Gasteiger partial charge in [0.15, 0.2) is 0 Å². The number of methoxy groups -OCH3 is 1. The van der Waals surface area contributed by atoms with Gasteiger partial charge in [0, 0.05) is 23.0 Å². The quantitative estimate of drug-likeness (QED) is 0.435. The average molecular weight is 442 g/mol. The number of hydrogen-bond donors (Lipinski definition) is 2. The molecular weight excluding hydrogens is 426 g/mol. The molecule has 2 atom stereocenters. The maximum atomic E-state index is 13.8. The third-order valence-corrected chi connectivity index (χ3v) is 5.39. The molecule has 2 aromatic carbocycles. The van der Waals surface area contributed by atoms with Gasteiger partial charge in [0.05, 0.1) is 24.3 Å².